The first-order valence-corrected chi connectivity index (χ1v) is 9.04. The number of nitriles is 1. The highest BCUT2D eigenvalue weighted by molar-refractivity contribution is 6.31. The third-order valence-electron chi connectivity index (χ3n) is 3.74. The molecule has 30 heavy (non-hydrogen) atoms. The fourth-order valence-electron chi connectivity index (χ4n) is 2.27. The highest BCUT2D eigenvalue weighted by atomic mass is 35.5. The minimum Gasteiger partial charge on any atom is -0.493 e. The van der Waals surface area contributed by atoms with Crippen molar-refractivity contribution in [1.29, 1.82) is 5.26 Å². The van der Waals surface area contributed by atoms with E-state index in [4.69, 9.17) is 31.1 Å². The number of hydrogen-bond acceptors (Lipinski definition) is 6. The van der Waals surface area contributed by atoms with E-state index in [1.165, 1.54) is 32.2 Å². The van der Waals surface area contributed by atoms with Crippen molar-refractivity contribution in [3.8, 4) is 17.6 Å². The molecule has 7 nitrogen and oxygen atoms in total. The molecule has 1 atom stereocenters. The zero-order valence-corrected chi connectivity index (χ0v) is 16.9. The summed E-state index contributed by atoms with van der Waals surface area (Å²) in [4.78, 5) is 24.1. The molecule has 0 aliphatic heterocycles. The Kier molecular flexibility index (Phi) is 8.20. The molecule has 0 aromatic heterocycles. The number of nitrogens with one attached hydrogen (secondary N) is 1. The molecule has 1 unspecified atom stereocenters. The first kappa shape index (κ1) is 22.7. The molecule has 9 heteroatoms. The number of benzene rings is 2. The molecule has 0 saturated heterocycles. The van der Waals surface area contributed by atoms with Crippen LogP contribution in [0, 0.1) is 17.1 Å². The van der Waals surface area contributed by atoms with Gasteiger partial charge in [-0.3, -0.25) is 4.79 Å². The molecule has 1 amide bonds. The van der Waals surface area contributed by atoms with Crippen molar-refractivity contribution in [3.05, 3.63) is 58.9 Å². The molecule has 2 aromatic carbocycles. The standard InChI is InChI=1S/C21H18ClFN2O5/c1-13(21(27)25-15-5-6-17(23)16(22)12-15)30-20(26)8-4-14-3-7-18(29-10-9-24)19(11-14)28-2/h3-8,11-13H,10H2,1-2H3,(H,25,27). The van der Waals surface area contributed by atoms with Gasteiger partial charge in [0.05, 0.1) is 12.1 Å². The molecule has 0 aliphatic rings. The van der Waals surface area contributed by atoms with Gasteiger partial charge in [0.15, 0.2) is 24.2 Å². The number of methoxy groups -OCH3 is 1. The minimum atomic E-state index is -1.10. The van der Waals surface area contributed by atoms with Crippen LogP contribution in [0.25, 0.3) is 6.08 Å². The minimum absolute atomic E-state index is 0.123. The van der Waals surface area contributed by atoms with Crippen LogP contribution in [0.3, 0.4) is 0 Å². The second kappa shape index (κ2) is 10.8. The Hall–Kier alpha value is -3.57. The van der Waals surface area contributed by atoms with Crippen molar-refractivity contribution in [2.45, 2.75) is 13.0 Å². The quantitative estimate of drug-likeness (QED) is 0.500. The third-order valence-corrected chi connectivity index (χ3v) is 4.03. The van der Waals surface area contributed by atoms with Crippen molar-refractivity contribution < 1.29 is 28.2 Å². The average molecular weight is 433 g/mol. The van der Waals surface area contributed by atoms with Crippen LogP contribution in [0.1, 0.15) is 12.5 Å². The summed E-state index contributed by atoms with van der Waals surface area (Å²) in [6, 6.07) is 10.4. The molecule has 0 aliphatic carbocycles. The lowest BCUT2D eigenvalue weighted by Gasteiger charge is -2.12. The number of ether oxygens (including phenoxy) is 3. The maximum absolute atomic E-state index is 13.2. The molecule has 0 spiro atoms. The largest absolute Gasteiger partial charge is 0.493 e. The highest BCUT2D eigenvalue weighted by Gasteiger charge is 2.17. The van der Waals surface area contributed by atoms with Gasteiger partial charge < -0.3 is 19.5 Å². The average Bonchev–Trinajstić information content (AvgIpc) is 2.73. The van der Waals surface area contributed by atoms with E-state index >= 15 is 0 Å². The number of anilines is 1. The second-order valence-corrected chi connectivity index (χ2v) is 6.29. The summed E-state index contributed by atoms with van der Waals surface area (Å²) in [5.74, 6) is -1.16. The van der Waals surface area contributed by atoms with Crippen LogP contribution in [0.2, 0.25) is 5.02 Å². The summed E-state index contributed by atoms with van der Waals surface area (Å²) in [7, 11) is 1.45. The smallest absolute Gasteiger partial charge is 0.331 e. The Morgan fingerprint density at radius 1 is 1.27 bits per heavy atom. The summed E-state index contributed by atoms with van der Waals surface area (Å²) in [6.45, 7) is 1.28. The van der Waals surface area contributed by atoms with Crippen molar-refractivity contribution in [1.82, 2.24) is 0 Å². The van der Waals surface area contributed by atoms with E-state index in [2.05, 4.69) is 5.32 Å². The van der Waals surface area contributed by atoms with E-state index in [9.17, 15) is 14.0 Å². The summed E-state index contributed by atoms with van der Waals surface area (Å²) < 4.78 is 28.6. The monoisotopic (exact) mass is 432 g/mol. The molecule has 2 aromatic rings. The molecule has 0 heterocycles. The fourth-order valence-corrected chi connectivity index (χ4v) is 2.45. The third kappa shape index (κ3) is 6.50. The van der Waals surface area contributed by atoms with Gasteiger partial charge in [-0.1, -0.05) is 17.7 Å². The fraction of sp³-hybridized carbons (Fsp3) is 0.190. The summed E-state index contributed by atoms with van der Waals surface area (Å²) in [5.41, 5.74) is 0.891. The van der Waals surface area contributed by atoms with Crippen molar-refractivity contribution in [3.63, 3.8) is 0 Å². The van der Waals surface area contributed by atoms with Gasteiger partial charge in [0.2, 0.25) is 0 Å². The number of esters is 1. The molecule has 156 valence electrons. The van der Waals surface area contributed by atoms with Crippen LogP contribution in [-0.4, -0.2) is 31.7 Å². The van der Waals surface area contributed by atoms with Gasteiger partial charge in [0.1, 0.15) is 11.9 Å². The SMILES string of the molecule is COc1cc(C=CC(=O)OC(C)C(=O)Nc2ccc(F)c(Cl)c2)ccc1OCC#N. The van der Waals surface area contributed by atoms with E-state index in [-0.39, 0.29) is 17.3 Å². The van der Waals surface area contributed by atoms with Crippen LogP contribution in [0.5, 0.6) is 11.5 Å². The summed E-state index contributed by atoms with van der Waals surface area (Å²) in [5, 5.41) is 10.9. The van der Waals surface area contributed by atoms with Gasteiger partial charge in [-0.25, -0.2) is 9.18 Å². The van der Waals surface area contributed by atoms with Gasteiger partial charge in [0.25, 0.3) is 5.91 Å². The number of rotatable bonds is 8. The Balaban J connectivity index is 1.95. The lowest BCUT2D eigenvalue weighted by Crippen LogP contribution is -2.29. The summed E-state index contributed by atoms with van der Waals surface area (Å²) in [6.07, 6.45) is 1.54. The van der Waals surface area contributed by atoms with Gasteiger partial charge in [-0.2, -0.15) is 5.26 Å². The van der Waals surface area contributed by atoms with Crippen LogP contribution in [0.4, 0.5) is 10.1 Å². The maximum atomic E-state index is 13.2. The van der Waals surface area contributed by atoms with Crippen LogP contribution < -0.4 is 14.8 Å². The predicted molar refractivity (Wildman–Crippen MR) is 109 cm³/mol. The Morgan fingerprint density at radius 2 is 2.03 bits per heavy atom. The Morgan fingerprint density at radius 3 is 2.70 bits per heavy atom. The Labute approximate surface area is 177 Å². The van der Waals surface area contributed by atoms with E-state index in [1.54, 1.807) is 18.2 Å². The molecular formula is C21H18ClFN2O5. The number of hydrogen-bond donors (Lipinski definition) is 1. The molecule has 0 radical (unpaired) electrons. The molecule has 0 saturated carbocycles. The van der Waals surface area contributed by atoms with E-state index < -0.39 is 23.8 Å². The van der Waals surface area contributed by atoms with Crippen molar-refractivity contribution in [2.24, 2.45) is 0 Å². The Bertz CT molecular complexity index is 1000. The molecule has 2 rings (SSSR count). The molecular weight excluding hydrogens is 415 g/mol. The first-order valence-electron chi connectivity index (χ1n) is 8.66. The number of amides is 1. The maximum Gasteiger partial charge on any atom is 0.331 e. The number of halogens is 2. The van der Waals surface area contributed by atoms with E-state index in [0.29, 0.717) is 17.1 Å². The number of carbonyl (C=O) groups excluding carboxylic acids is 2. The highest BCUT2D eigenvalue weighted by Crippen LogP contribution is 2.28. The lowest BCUT2D eigenvalue weighted by atomic mass is 10.2. The van der Waals surface area contributed by atoms with Gasteiger partial charge in [0, 0.05) is 11.8 Å². The predicted octanol–water partition coefficient (Wildman–Crippen LogP) is 3.97. The summed E-state index contributed by atoms with van der Waals surface area (Å²) >= 11 is 5.67. The topological polar surface area (TPSA) is 97.7 Å². The van der Waals surface area contributed by atoms with Gasteiger partial charge in [-0.15, -0.1) is 0 Å². The number of nitrogens with zero attached hydrogens (tertiary/aromatic N) is 1. The molecule has 1 N–H and O–H groups in total. The first-order chi connectivity index (χ1) is 14.3. The second-order valence-electron chi connectivity index (χ2n) is 5.89. The lowest BCUT2D eigenvalue weighted by molar-refractivity contribution is -0.148. The number of carbonyl (C=O) groups is 2. The van der Waals surface area contributed by atoms with Gasteiger partial charge >= 0.3 is 5.97 Å². The molecule has 0 fully saturated rings. The van der Waals surface area contributed by atoms with Crippen LogP contribution in [0.15, 0.2) is 42.5 Å². The normalized spacial score (nSPS) is 11.4. The van der Waals surface area contributed by atoms with Crippen LogP contribution >= 0.6 is 11.6 Å². The van der Waals surface area contributed by atoms with E-state index in [1.807, 2.05) is 6.07 Å². The zero-order chi connectivity index (χ0) is 22.1. The molecule has 0 bridgehead atoms. The van der Waals surface area contributed by atoms with Crippen molar-refractivity contribution >= 4 is 35.2 Å². The van der Waals surface area contributed by atoms with Crippen molar-refractivity contribution in [2.75, 3.05) is 19.0 Å². The zero-order valence-electron chi connectivity index (χ0n) is 16.1. The van der Waals surface area contributed by atoms with E-state index in [0.717, 1.165) is 12.1 Å². The van der Waals surface area contributed by atoms with Crippen LogP contribution in [-0.2, 0) is 14.3 Å². The van der Waals surface area contributed by atoms with Gasteiger partial charge in [-0.05, 0) is 48.9 Å².